The van der Waals surface area contributed by atoms with Gasteiger partial charge in [-0.05, 0) is 99.6 Å². The van der Waals surface area contributed by atoms with Gasteiger partial charge in [0, 0.05) is 21.8 Å². The quantitative estimate of drug-likeness (QED) is 0.164. The summed E-state index contributed by atoms with van der Waals surface area (Å²) in [5.74, 6) is 0. The highest BCUT2D eigenvalue weighted by Crippen LogP contribution is 2.55. The largest absolute Gasteiger partial charge is 0.455 e. The van der Waals surface area contributed by atoms with E-state index in [4.69, 9.17) is 4.42 Å². The lowest BCUT2D eigenvalue weighted by Gasteiger charge is -2.26. The fourth-order valence-electron chi connectivity index (χ4n) is 10.4. The van der Waals surface area contributed by atoms with Gasteiger partial charge in [-0.25, -0.2) is 0 Å². The Morgan fingerprint density at radius 1 is 0.310 bits per heavy atom. The van der Waals surface area contributed by atoms with Crippen LogP contribution in [0.1, 0.15) is 25.0 Å². The first-order chi connectivity index (χ1) is 28.6. The van der Waals surface area contributed by atoms with Crippen LogP contribution in [-0.2, 0) is 5.41 Å². The van der Waals surface area contributed by atoms with Crippen LogP contribution < -0.4 is 0 Å². The SMILES string of the molecule is CC1(C)c2c(-c3ccc(-c4c5ccccc5c(-c5ccccc5-c5cccc6c5oc5ccccc56)c5ccccc45)cc3)cccc2-c2ccc3ccccc3c21. The van der Waals surface area contributed by atoms with Gasteiger partial charge in [-0.2, -0.15) is 0 Å². The molecule has 0 N–H and O–H groups in total. The first kappa shape index (κ1) is 33.0. The summed E-state index contributed by atoms with van der Waals surface area (Å²) in [7, 11) is 0. The van der Waals surface area contributed by atoms with E-state index in [1.165, 1.54) is 88.0 Å². The van der Waals surface area contributed by atoms with E-state index in [0.717, 1.165) is 33.1 Å². The molecule has 0 fully saturated rings. The molecule has 0 radical (unpaired) electrons. The summed E-state index contributed by atoms with van der Waals surface area (Å²) in [6.07, 6.45) is 0. The summed E-state index contributed by atoms with van der Waals surface area (Å²) >= 11 is 0. The van der Waals surface area contributed by atoms with Gasteiger partial charge in [0.1, 0.15) is 11.2 Å². The molecule has 1 heteroatoms. The van der Waals surface area contributed by atoms with E-state index in [9.17, 15) is 0 Å². The smallest absolute Gasteiger partial charge is 0.143 e. The summed E-state index contributed by atoms with van der Waals surface area (Å²) in [6.45, 7) is 4.80. The fourth-order valence-corrected chi connectivity index (χ4v) is 10.4. The van der Waals surface area contributed by atoms with Gasteiger partial charge in [-0.1, -0.05) is 202 Å². The van der Waals surface area contributed by atoms with Crippen LogP contribution in [0.2, 0.25) is 0 Å². The average Bonchev–Trinajstić information content (AvgIpc) is 3.78. The second kappa shape index (κ2) is 12.4. The zero-order chi connectivity index (χ0) is 38.5. The maximum atomic E-state index is 6.59. The number of fused-ring (bicyclic) bond motifs is 10. The molecular weight excluding hydrogens is 701 g/mol. The molecule has 0 atom stereocenters. The second-order valence-electron chi connectivity index (χ2n) is 16.3. The van der Waals surface area contributed by atoms with Crippen molar-refractivity contribution in [2.24, 2.45) is 0 Å². The molecule has 0 unspecified atom stereocenters. The van der Waals surface area contributed by atoms with E-state index >= 15 is 0 Å². The number of benzene rings is 10. The topological polar surface area (TPSA) is 13.1 Å². The summed E-state index contributed by atoms with van der Waals surface area (Å²) in [5.41, 5.74) is 16.9. The predicted molar refractivity (Wildman–Crippen MR) is 246 cm³/mol. The standard InChI is InChI=1S/C57H38O/c1-57(2)54-39(24-13-25-47(54)48-34-33-35-15-3-4-16-38(35)55(48)57)36-29-31-37(32-30-36)52-43-20-7-9-22-45(43)53(46-23-10-8-21-44(46)52)42-19-6-5-17-40(42)49-26-14-27-50-41-18-11-12-28-51(41)58-56(49)50/h3-34H,1-2H3. The number of furan rings is 1. The Bertz CT molecular complexity index is 3410. The Balaban J connectivity index is 1.03. The molecule has 1 heterocycles. The van der Waals surface area contributed by atoms with Crippen molar-refractivity contribution in [2.45, 2.75) is 19.3 Å². The normalized spacial score (nSPS) is 13.1. The monoisotopic (exact) mass is 738 g/mol. The third kappa shape index (κ3) is 4.65. The molecule has 10 aromatic carbocycles. The molecule has 1 nitrogen and oxygen atoms in total. The minimum Gasteiger partial charge on any atom is -0.455 e. The first-order valence-electron chi connectivity index (χ1n) is 20.3. The van der Waals surface area contributed by atoms with Crippen LogP contribution in [0.15, 0.2) is 199 Å². The summed E-state index contributed by atoms with van der Waals surface area (Å²) < 4.78 is 6.59. The third-order valence-electron chi connectivity index (χ3n) is 12.8. The van der Waals surface area contributed by atoms with Gasteiger partial charge in [0.25, 0.3) is 0 Å². The molecule has 1 aliphatic carbocycles. The Kier molecular flexibility index (Phi) is 7.04. The summed E-state index contributed by atoms with van der Waals surface area (Å²) in [6, 6.07) is 71.2. The molecule has 0 spiro atoms. The Hall–Kier alpha value is -7.22. The molecule has 1 aromatic heterocycles. The fraction of sp³-hybridized carbons (Fsp3) is 0.0526. The van der Waals surface area contributed by atoms with Gasteiger partial charge < -0.3 is 4.42 Å². The van der Waals surface area contributed by atoms with E-state index < -0.39 is 0 Å². The van der Waals surface area contributed by atoms with Crippen LogP contribution >= 0.6 is 0 Å². The molecule has 0 saturated heterocycles. The maximum Gasteiger partial charge on any atom is 0.143 e. The van der Waals surface area contributed by atoms with Crippen molar-refractivity contribution in [2.75, 3.05) is 0 Å². The van der Waals surface area contributed by atoms with Crippen LogP contribution in [0.4, 0.5) is 0 Å². The molecule has 0 aliphatic heterocycles. The number of para-hydroxylation sites is 2. The van der Waals surface area contributed by atoms with Crippen LogP contribution in [0.5, 0.6) is 0 Å². The molecule has 0 amide bonds. The highest BCUT2D eigenvalue weighted by Gasteiger charge is 2.38. The van der Waals surface area contributed by atoms with E-state index in [1.54, 1.807) is 0 Å². The molecule has 0 bridgehead atoms. The third-order valence-corrected chi connectivity index (χ3v) is 12.8. The van der Waals surface area contributed by atoms with Crippen molar-refractivity contribution in [3.63, 3.8) is 0 Å². The molecule has 1 aliphatic rings. The summed E-state index contributed by atoms with van der Waals surface area (Å²) in [5, 5.41) is 9.87. The van der Waals surface area contributed by atoms with Gasteiger partial charge in [0.15, 0.2) is 0 Å². The molecular formula is C57H38O. The molecule has 0 saturated carbocycles. The van der Waals surface area contributed by atoms with E-state index in [1.807, 2.05) is 6.07 Å². The molecule has 58 heavy (non-hydrogen) atoms. The Morgan fingerprint density at radius 3 is 1.55 bits per heavy atom. The summed E-state index contributed by atoms with van der Waals surface area (Å²) in [4.78, 5) is 0. The van der Waals surface area contributed by atoms with Gasteiger partial charge in [-0.3, -0.25) is 0 Å². The van der Waals surface area contributed by atoms with Crippen molar-refractivity contribution in [1.82, 2.24) is 0 Å². The van der Waals surface area contributed by atoms with Crippen molar-refractivity contribution < 1.29 is 4.42 Å². The van der Waals surface area contributed by atoms with Gasteiger partial charge in [0.05, 0.1) is 0 Å². The molecule has 11 aromatic rings. The van der Waals surface area contributed by atoms with Crippen LogP contribution in [-0.4, -0.2) is 0 Å². The van der Waals surface area contributed by atoms with Crippen molar-refractivity contribution >= 4 is 54.3 Å². The lowest BCUT2D eigenvalue weighted by Crippen LogP contribution is -2.16. The van der Waals surface area contributed by atoms with Gasteiger partial charge >= 0.3 is 0 Å². The lowest BCUT2D eigenvalue weighted by atomic mass is 9.77. The number of rotatable bonds is 4. The minimum absolute atomic E-state index is 0.144. The van der Waals surface area contributed by atoms with E-state index in [2.05, 4.69) is 202 Å². The molecule has 12 rings (SSSR count). The van der Waals surface area contributed by atoms with Crippen LogP contribution in [0.25, 0.3) is 110 Å². The van der Waals surface area contributed by atoms with Crippen molar-refractivity contribution in [1.29, 1.82) is 0 Å². The Morgan fingerprint density at radius 2 is 0.810 bits per heavy atom. The maximum absolute atomic E-state index is 6.59. The van der Waals surface area contributed by atoms with Crippen LogP contribution in [0.3, 0.4) is 0 Å². The van der Waals surface area contributed by atoms with Crippen molar-refractivity contribution in [3.05, 3.63) is 205 Å². The van der Waals surface area contributed by atoms with Gasteiger partial charge in [-0.15, -0.1) is 0 Å². The van der Waals surface area contributed by atoms with E-state index in [0.29, 0.717) is 0 Å². The second-order valence-corrected chi connectivity index (χ2v) is 16.3. The predicted octanol–water partition coefficient (Wildman–Crippen LogP) is 16.0. The lowest BCUT2D eigenvalue weighted by molar-refractivity contribution is 0.668. The molecule has 272 valence electrons. The zero-order valence-electron chi connectivity index (χ0n) is 32.4. The van der Waals surface area contributed by atoms with Crippen LogP contribution in [0, 0.1) is 0 Å². The van der Waals surface area contributed by atoms with E-state index in [-0.39, 0.29) is 5.41 Å². The number of hydrogen-bond donors (Lipinski definition) is 0. The highest BCUT2D eigenvalue weighted by molar-refractivity contribution is 6.23. The minimum atomic E-state index is -0.144. The first-order valence-corrected chi connectivity index (χ1v) is 20.3. The average molecular weight is 739 g/mol. The Labute approximate surface area is 337 Å². The zero-order valence-corrected chi connectivity index (χ0v) is 32.4. The van der Waals surface area contributed by atoms with Gasteiger partial charge in [0.2, 0.25) is 0 Å². The van der Waals surface area contributed by atoms with Crippen molar-refractivity contribution in [3.8, 4) is 55.6 Å². The highest BCUT2D eigenvalue weighted by atomic mass is 16.3. The number of hydrogen-bond acceptors (Lipinski definition) is 1.